The SMILES string of the molecule is Cc1cccc2c1CCC2C(C)CN. The van der Waals surface area contributed by atoms with Crippen LogP contribution in [0.15, 0.2) is 18.2 Å². The Morgan fingerprint density at radius 1 is 1.50 bits per heavy atom. The van der Waals surface area contributed by atoms with Gasteiger partial charge in [0.05, 0.1) is 0 Å². The van der Waals surface area contributed by atoms with Gasteiger partial charge in [-0.15, -0.1) is 0 Å². The van der Waals surface area contributed by atoms with Crippen LogP contribution in [-0.4, -0.2) is 6.54 Å². The first kappa shape index (κ1) is 9.72. The van der Waals surface area contributed by atoms with E-state index in [1.165, 1.54) is 18.4 Å². The molecule has 2 N–H and O–H groups in total. The number of benzene rings is 1. The van der Waals surface area contributed by atoms with Gasteiger partial charge in [0.15, 0.2) is 0 Å². The molecule has 2 atom stereocenters. The first-order valence-electron chi connectivity index (χ1n) is 5.52. The molecule has 0 bridgehead atoms. The van der Waals surface area contributed by atoms with Crippen molar-refractivity contribution < 1.29 is 0 Å². The molecular weight excluding hydrogens is 170 g/mol. The maximum atomic E-state index is 5.75. The van der Waals surface area contributed by atoms with Crippen molar-refractivity contribution in [3.8, 4) is 0 Å². The van der Waals surface area contributed by atoms with Crippen molar-refractivity contribution in [1.82, 2.24) is 0 Å². The Labute approximate surface area is 86.3 Å². The van der Waals surface area contributed by atoms with Crippen LogP contribution in [0, 0.1) is 12.8 Å². The highest BCUT2D eigenvalue weighted by atomic mass is 14.6. The van der Waals surface area contributed by atoms with E-state index in [2.05, 4.69) is 32.0 Å². The molecular formula is C13H19N. The zero-order valence-electron chi connectivity index (χ0n) is 9.09. The van der Waals surface area contributed by atoms with E-state index in [0.29, 0.717) is 11.8 Å². The maximum absolute atomic E-state index is 5.75. The molecule has 0 aliphatic heterocycles. The summed E-state index contributed by atoms with van der Waals surface area (Å²) >= 11 is 0. The van der Waals surface area contributed by atoms with E-state index >= 15 is 0 Å². The lowest BCUT2D eigenvalue weighted by atomic mass is 9.88. The Bertz CT molecular complexity index is 330. The lowest BCUT2D eigenvalue weighted by molar-refractivity contribution is 0.466. The number of nitrogens with two attached hydrogens (primary N) is 1. The van der Waals surface area contributed by atoms with Crippen LogP contribution in [0.25, 0.3) is 0 Å². The van der Waals surface area contributed by atoms with Crippen LogP contribution < -0.4 is 5.73 Å². The molecule has 0 heterocycles. The molecule has 76 valence electrons. The quantitative estimate of drug-likeness (QED) is 0.760. The fourth-order valence-electron chi connectivity index (χ4n) is 2.62. The molecule has 1 nitrogen and oxygen atoms in total. The topological polar surface area (TPSA) is 26.0 Å². The molecule has 0 aromatic heterocycles. The molecule has 0 saturated heterocycles. The lowest BCUT2D eigenvalue weighted by Gasteiger charge is -2.18. The van der Waals surface area contributed by atoms with Crippen LogP contribution in [0.2, 0.25) is 0 Å². The number of rotatable bonds is 2. The fourth-order valence-corrected chi connectivity index (χ4v) is 2.62. The molecule has 0 saturated carbocycles. The van der Waals surface area contributed by atoms with Gasteiger partial charge < -0.3 is 5.73 Å². The van der Waals surface area contributed by atoms with Gasteiger partial charge in [0.1, 0.15) is 0 Å². The second kappa shape index (κ2) is 3.74. The average Bonchev–Trinajstić information content (AvgIpc) is 2.62. The lowest BCUT2D eigenvalue weighted by Crippen LogP contribution is -2.17. The molecule has 1 heteroatoms. The molecule has 0 radical (unpaired) electrons. The molecule has 1 aromatic carbocycles. The summed E-state index contributed by atoms with van der Waals surface area (Å²) in [5.41, 5.74) is 10.3. The van der Waals surface area contributed by atoms with Crippen LogP contribution in [0.5, 0.6) is 0 Å². The number of hydrogen-bond donors (Lipinski definition) is 1. The van der Waals surface area contributed by atoms with E-state index in [1.54, 1.807) is 11.1 Å². The Kier molecular flexibility index (Phi) is 2.60. The van der Waals surface area contributed by atoms with Gasteiger partial charge in [0.2, 0.25) is 0 Å². The summed E-state index contributed by atoms with van der Waals surface area (Å²) < 4.78 is 0. The molecule has 1 aromatic rings. The summed E-state index contributed by atoms with van der Waals surface area (Å²) in [6.45, 7) is 5.29. The van der Waals surface area contributed by atoms with Crippen molar-refractivity contribution in [2.75, 3.05) is 6.54 Å². The maximum Gasteiger partial charge on any atom is -0.00457 e. The van der Waals surface area contributed by atoms with Gasteiger partial charge in [-0.25, -0.2) is 0 Å². The van der Waals surface area contributed by atoms with Crippen LogP contribution in [0.4, 0.5) is 0 Å². The van der Waals surface area contributed by atoms with E-state index in [9.17, 15) is 0 Å². The second-order valence-electron chi connectivity index (χ2n) is 4.50. The Morgan fingerprint density at radius 3 is 3.00 bits per heavy atom. The number of hydrogen-bond acceptors (Lipinski definition) is 1. The van der Waals surface area contributed by atoms with Gasteiger partial charge in [-0.1, -0.05) is 25.1 Å². The van der Waals surface area contributed by atoms with Gasteiger partial charge >= 0.3 is 0 Å². The monoisotopic (exact) mass is 189 g/mol. The minimum absolute atomic E-state index is 0.623. The zero-order chi connectivity index (χ0) is 10.1. The Balaban J connectivity index is 2.35. The zero-order valence-corrected chi connectivity index (χ0v) is 9.09. The Morgan fingerprint density at radius 2 is 2.29 bits per heavy atom. The first-order chi connectivity index (χ1) is 6.74. The largest absolute Gasteiger partial charge is 0.330 e. The summed E-state index contributed by atoms with van der Waals surface area (Å²) in [4.78, 5) is 0. The van der Waals surface area contributed by atoms with Crippen LogP contribution in [0.1, 0.15) is 36.0 Å². The van der Waals surface area contributed by atoms with Crippen molar-refractivity contribution in [3.63, 3.8) is 0 Å². The van der Waals surface area contributed by atoms with Gasteiger partial charge in [-0.3, -0.25) is 0 Å². The second-order valence-corrected chi connectivity index (χ2v) is 4.50. The third-order valence-electron chi connectivity index (χ3n) is 3.61. The molecule has 0 fully saturated rings. The van der Waals surface area contributed by atoms with Crippen molar-refractivity contribution >= 4 is 0 Å². The summed E-state index contributed by atoms with van der Waals surface area (Å²) in [5, 5.41) is 0. The standard InChI is InChI=1S/C13H19N/c1-9-4-3-5-13-11(9)6-7-12(13)10(2)8-14/h3-5,10,12H,6-8,14H2,1-2H3. The summed E-state index contributed by atoms with van der Waals surface area (Å²) in [5.74, 6) is 1.33. The predicted octanol–water partition coefficient (Wildman–Crippen LogP) is 2.62. The van der Waals surface area contributed by atoms with E-state index in [-0.39, 0.29) is 0 Å². The van der Waals surface area contributed by atoms with Crippen molar-refractivity contribution in [2.45, 2.75) is 32.6 Å². The summed E-state index contributed by atoms with van der Waals surface area (Å²) in [6.07, 6.45) is 2.54. The molecule has 0 amide bonds. The van der Waals surface area contributed by atoms with E-state index < -0.39 is 0 Å². The van der Waals surface area contributed by atoms with Crippen LogP contribution in [-0.2, 0) is 6.42 Å². The van der Waals surface area contributed by atoms with Gasteiger partial charge in [0, 0.05) is 0 Å². The average molecular weight is 189 g/mol. The van der Waals surface area contributed by atoms with Crippen molar-refractivity contribution in [3.05, 3.63) is 34.9 Å². The first-order valence-corrected chi connectivity index (χ1v) is 5.52. The minimum Gasteiger partial charge on any atom is -0.330 e. The highest BCUT2D eigenvalue weighted by Gasteiger charge is 2.26. The van der Waals surface area contributed by atoms with Gasteiger partial charge in [0.25, 0.3) is 0 Å². The predicted molar refractivity (Wildman–Crippen MR) is 60.5 cm³/mol. The summed E-state index contributed by atoms with van der Waals surface area (Å²) in [6, 6.07) is 6.68. The third-order valence-corrected chi connectivity index (χ3v) is 3.61. The Hall–Kier alpha value is -0.820. The number of aryl methyl sites for hydroxylation is 1. The molecule has 2 rings (SSSR count). The highest BCUT2D eigenvalue weighted by molar-refractivity contribution is 5.40. The van der Waals surface area contributed by atoms with Crippen molar-refractivity contribution in [1.29, 1.82) is 0 Å². The number of fused-ring (bicyclic) bond motifs is 1. The smallest absolute Gasteiger partial charge is 0.00457 e. The third kappa shape index (κ3) is 1.46. The molecule has 1 aliphatic rings. The van der Waals surface area contributed by atoms with Crippen LogP contribution in [0.3, 0.4) is 0 Å². The molecule has 14 heavy (non-hydrogen) atoms. The van der Waals surface area contributed by atoms with Crippen molar-refractivity contribution in [2.24, 2.45) is 11.7 Å². The normalized spacial score (nSPS) is 22.1. The van der Waals surface area contributed by atoms with E-state index in [0.717, 1.165) is 6.54 Å². The molecule has 0 spiro atoms. The summed E-state index contributed by atoms with van der Waals surface area (Å²) in [7, 11) is 0. The van der Waals surface area contributed by atoms with E-state index in [4.69, 9.17) is 5.73 Å². The van der Waals surface area contributed by atoms with Gasteiger partial charge in [-0.05, 0) is 54.8 Å². The van der Waals surface area contributed by atoms with Gasteiger partial charge in [-0.2, -0.15) is 0 Å². The molecule has 2 unspecified atom stereocenters. The van der Waals surface area contributed by atoms with Crippen LogP contribution >= 0.6 is 0 Å². The van der Waals surface area contributed by atoms with E-state index in [1.807, 2.05) is 0 Å². The highest BCUT2D eigenvalue weighted by Crippen LogP contribution is 2.39. The molecule has 1 aliphatic carbocycles. The minimum atomic E-state index is 0.623. The fraction of sp³-hybridized carbons (Fsp3) is 0.538.